The maximum atomic E-state index is 13.6. The van der Waals surface area contributed by atoms with Gasteiger partial charge >= 0.3 is 0 Å². The Kier molecular flexibility index (Phi) is 21.9. The summed E-state index contributed by atoms with van der Waals surface area (Å²) >= 11 is 0. The highest BCUT2D eigenvalue weighted by molar-refractivity contribution is 5.86. The van der Waals surface area contributed by atoms with Crippen LogP contribution in [0.25, 0.3) is 0 Å². The summed E-state index contributed by atoms with van der Waals surface area (Å²) in [6.45, 7) is 20.7. The number of nitrogens with one attached hydrogen (secondary N) is 2. The smallest absolute Gasteiger partial charge is 0.162 e. The van der Waals surface area contributed by atoms with Crippen LogP contribution in [0.4, 0.5) is 28.7 Å². The van der Waals surface area contributed by atoms with Gasteiger partial charge in [0, 0.05) is 85.6 Å². The fourth-order valence-corrected chi connectivity index (χ4v) is 11.8. The summed E-state index contributed by atoms with van der Waals surface area (Å²) in [5.41, 5.74) is 19.8. The number of benzene rings is 4. The Morgan fingerprint density at radius 3 is 1.23 bits per heavy atom. The number of hydrogen-bond donors (Lipinski definition) is 3. The molecule has 6 aromatic rings. The highest BCUT2D eigenvalue weighted by atomic mass is 16.7. The predicted octanol–water partition coefficient (Wildman–Crippen LogP) is 13.7. The lowest BCUT2D eigenvalue weighted by Gasteiger charge is -2.42. The van der Waals surface area contributed by atoms with E-state index in [2.05, 4.69) is 89.7 Å². The zero-order chi connectivity index (χ0) is 62.5. The summed E-state index contributed by atoms with van der Waals surface area (Å²) in [5, 5.41) is 7.63. The Morgan fingerprint density at radius 2 is 0.852 bits per heavy atom. The van der Waals surface area contributed by atoms with E-state index in [9.17, 15) is 4.79 Å². The molecule has 0 saturated carbocycles. The number of aryl methyl sites for hydroxylation is 2. The zero-order valence-electron chi connectivity index (χ0n) is 54.3. The van der Waals surface area contributed by atoms with Crippen LogP contribution >= 0.6 is 0 Å². The van der Waals surface area contributed by atoms with Crippen molar-refractivity contribution >= 4 is 34.5 Å². The largest absolute Gasteiger partial charge is 0.497 e. The van der Waals surface area contributed by atoms with Crippen LogP contribution in [0.2, 0.25) is 0 Å². The van der Waals surface area contributed by atoms with Crippen LogP contribution in [0.5, 0.6) is 23.0 Å². The minimum Gasteiger partial charge on any atom is -0.497 e. The molecule has 16 heteroatoms. The van der Waals surface area contributed by atoms with Crippen molar-refractivity contribution in [3.63, 3.8) is 0 Å². The molecule has 10 rings (SSSR count). The first-order valence-corrected chi connectivity index (χ1v) is 31.7. The average molecular weight is 1200 g/mol. The van der Waals surface area contributed by atoms with Gasteiger partial charge in [-0.05, 0) is 167 Å². The first kappa shape index (κ1) is 65.3. The van der Waals surface area contributed by atoms with Crippen molar-refractivity contribution in [1.29, 1.82) is 0 Å². The Hall–Kier alpha value is -7.11. The molecule has 0 radical (unpaired) electrons. The van der Waals surface area contributed by atoms with Gasteiger partial charge in [-0.2, -0.15) is 0 Å². The topological polar surface area (TPSA) is 173 Å². The maximum absolute atomic E-state index is 13.6. The minimum atomic E-state index is -0.581. The van der Waals surface area contributed by atoms with Crippen LogP contribution in [0.15, 0.2) is 97.1 Å². The predicted molar refractivity (Wildman–Crippen MR) is 351 cm³/mol. The molecular formula is C72H97N7O9. The van der Waals surface area contributed by atoms with Crippen molar-refractivity contribution in [2.45, 2.75) is 163 Å². The van der Waals surface area contributed by atoms with E-state index in [1.807, 2.05) is 76.2 Å². The van der Waals surface area contributed by atoms with Crippen LogP contribution in [0.1, 0.15) is 144 Å². The molecular weight excluding hydrogens is 1110 g/mol. The van der Waals surface area contributed by atoms with Gasteiger partial charge in [-0.1, -0.05) is 75.7 Å². The quantitative estimate of drug-likeness (QED) is 0.0494. The molecule has 4 aliphatic rings. The number of rotatable bonds is 25. The van der Waals surface area contributed by atoms with Crippen LogP contribution in [-0.2, 0) is 82.0 Å². The Balaban J connectivity index is 0.000000211. The van der Waals surface area contributed by atoms with E-state index in [1.54, 1.807) is 28.4 Å². The van der Waals surface area contributed by atoms with Crippen molar-refractivity contribution in [2.75, 3.05) is 94.1 Å². The van der Waals surface area contributed by atoms with E-state index in [0.29, 0.717) is 84.2 Å². The third kappa shape index (κ3) is 17.2. The number of Topliss-reactive ketones (excluding diaryl/α,β-unsaturated/α-hetero) is 1. The highest BCUT2D eigenvalue weighted by Gasteiger charge is 2.39. The minimum absolute atomic E-state index is 0.168. The van der Waals surface area contributed by atoms with Gasteiger partial charge in [0.15, 0.2) is 17.4 Å². The molecule has 4 heterocycles. The molecule has 88 heavy (non-hydrogen) atoms. The summed E-state index contributed by atoms with van der Waals surface area (Å²) in [6.07, 6.45) is 11.1. The third-order valence-corrected chi connectivity index (χ3v) is 17.4. The second-order valence-electron chi connectivity index (χ2n) is 26.0. The van der Waals surface area contributed by atoms with Gasteiger partial charge in [0.2, 0.25) is 0 Å². The number of fused-ring (bicyclic) bond motifs is 2. The Bertz CT molecular complexity index is 3120. The number of ketones is 1. The van der Waals surface area contributed by atoms with E-state index < -0.39 is 11.6 Å². The summed E-state index contributed by atoms with van der Waals surface area (Å²) < 4.78 is 45.9. The molecule has 2 aliphatic heterocycles. The summed E-state index contributed by atoms with van der Waals surface area (Å²) in [6, 6.07) is 32.8. The third-order valence-electron chi connectivity index (χ3n) is 17.4. The van der Waals surface area contributed by atoms with Gasteiger partial charge < -0.3 is 64.1 Å². The molecule has 0 atom stereocenters. The second-order valence-corrected chi connectivity index (χ2v) is 26.0. The number of aromatic nitrogens is 2. The van der Waals surface area contributed by atoms with E-state index in [4.69, 9.17) is 53.6 Å². The molecule has 0 bridgehead atoms. The molecule has 2 saturated heterocycles. The van der Waals surface area contributed by atoms with Crippen molar-refractivity contribution in [3.05, 3.63) is 147 Å². The van der Waals surface area contributed by atoms with Gasteiger partial charge in [0.25, 0.3) is 0 Å². The Labute approximate surface area is 523 Å². The van der Waals surface area contributed by atoms with Gasteiger partial charge in [-0.3, -0.25) is 4.79 Å². The van der Waals surface area contributed by atoms with Crippen LogP contribution in [0.3, 0.4) is 0 Å². The second kappa shape index (κ2) is 29.5. The molecule has 2 aliphatic carbocycles. The summed E-state index contributed by atoms with van der Waals surface area (Å²) in [7, 11) is 6.74. The Morgan fingerprint density at radius 1 is 0.511 bits per heavy atom. The van der Waals surface area contributed by atoms with E-state index >= 15 is 0 Å². The molecule has 4 aromatic carbocycles. The summed E-state index contributed by atoms with van der Waals surface area (Å²) in [5.74, 6) is 4.12. The van der Waals surface area contributed by atoms with Gasteiger partial charge in [-0.15, -0.1) is 0 Å². The van der Waals surface area contributed by atoms with E-state index in [0.717, 1.165) is 149 Å². The monoisotopic (exact) mass is 1200 g/mol. The van der Waals surface area contributed by atoms with Gasteiger partial charge in [0.05, 0.1) is 66.2 Å². The lowest BCUT2D eigenvalue weighted by atomic mass is 9.88. The number of nitrogens with zero attached hydrogens (tertiary/aromatic N) is 4. The van der Waals surface area contributed by atoms with Crippen molar-refractivity contribution in [2.24, 2.45) is 10.8 Å². The first-order chi connectivity index (χ1) is 42.3. The number of unbranched alkanes of at least 4 members (excludes halogenated alkanes) is 1. The molecule has 16 nitrogen and oxygen atoms in total. The number of hydrogen-bond acceptors (Lipinski definition) is 16. The van der Waals surface area contributed by atoms with E-state index in [1.165, 1.54) is 11.1 Å². The SMILES string of the molecule is CCCCC(=O)Cc1c(N(Cc2ccc(OC)cc2)Cc2ccc(OC)cc2)nc2c(c1NCC1(C)COC(C)(C)OC1)CCCC2.COc1ccc(CN(Cc2ccc(OC)cc2)c2nc3c(c(NCC4(C)COC(C)(C)OC4)c2N)CCCC3)cc1. The number of carbonyl (C=O) groups is 1. The number of methoxy groups -OCH3 is 4. The zero-order valence-corrected chi connectivity index (χ0v) is 54.3. The number of nitrogens with two attached hydrogens (primary N) is 1. The molecule has 2 fully saturated rings. The normalized spacial score (nSPS) is 17.0. The number of ether oxygens (including phenoxy) is 8. The number of pyridine rings is 2. The van der Waals surface area contributed by atoms with Crippen LogP contribution in [-0.4, -0.2) is 95.3 Å². The molecule has 0 unspecified atom stereocenters. The standard InChI is InChI=1S/C39H53N3O5.C33H44N4O4/c1-7-8-11-30(43)22-34-36(40-25-39(4)26-46-38(2,3)47-27-39)33-12-9-10-13-35(33)41-37(34)42(23-28-14-18-31(44-5)19-15-28)24-29-16-20-32(45-6)21-17-29;1-32(2)40-21-33(3,22-41-32)20-35-30-27-8-6-7-9-28(27)36-31(29(30)34)37(18-23-10-14-25(38-4)15-11-23)19-24-12-16-26(39-5)17-13-24/h14-21H,7-13,22-27H2,1-6H3,(H,40,41);10-17H,6-9,18-22,34H2,1-5H3,(H,35,36). The van der Waals surface area contributed by atoms with Crippen LogP contribution < -0.4 is 45.1 Å². The van der Waals surface area contributed by atoms with Crippen LogP contribution in [0, 0.1) is 10.8 Å². The number of anilines is 5. The lowest BCUT2D eigenvalue weighted by molar-refractivity contribution is -0.280. The number of carbonyl (C=O) groups excluding carboxylic acids is 1. The fraction of sp³-hybridized carbons (Fsp3) is 0.514. The van der Waals surface area contributed by atoms with Crippen molar-refractivity contribution < 1.29 is 42.7 Å². The highest BCUT2D eigenvalue weighted by Crippen LogP contribution is 2.42. The maximum Gasteiger partial charge on any atom is 0.162 e. The van der Waals surface area contributed by atoms with Crippen molar-refractivity contribution in [3.8, 4) is 23.0 Å². The molecule has 0 amide bonds. The van der Waals surface area contributed by atoms with E-state index in [-0.39, 0.29) is 16.6 Å². The first-order valence-electron chi connectivity index (χ1n) is 31.7. The molecule has 474 valence electrons. The number of nitrogen functional groups attached to an aromatic ring is 1. The molecule has 2 aromatic heterocycles. The van der Waals surface area contributed by atoms with Gasteiger partial charge in [-0.25, -0.2) is 9.97 Å². The fourth-order valence-electron chi connectivity index (χ4n) is 11.8. The molecule has 4 N–H and O–H groups in total. The average Bonchev–Trinajstić information content (AvgIpc) is 1.20. The lowest BCUT2D eigenvalue weighted by Crippen LogP contribution is -2.48. The van der Waals surface area contributed by atoms with Gasteiger partial charge in [0.1, 0.15) is 34.6 Å². The molecule has 0 spiro atoms. The van der Waals surface area contributed by atoms with Crippen molar-refractivity contribution in [1.82, 2.24) is 9.97 Å². The summed E-state index contributed by atoms with van der Waals surface area (Å²) in [4.78, 5) is 28.9.